The molecule has 24 heavy (non-hydrogen) atoms. The normalized spacial score (nSPS) is 11.5. The van der Waals surface area contributed by atoms with Crippen molar-refractivity contribution in [3.8, 4) is 0 Å². The Labute approximate surface area is 160 Å². The number of hydrogen-bond donors (Lipinski definition) is 3. The molecule has 0 aliphatic heterocycles. The lowest BCUT2D eigenvalue weighted by Crippen LogP contribution is -2.43. The standard InChI is InChI=1S/C17H27FN4O.HI/c1-17(2,3)15(23)20-10-11-22-16(19-4)21-9-8-13-6-5-7-14(18)12-13;/h5-7,12H,8-11H2,1-4H3,(H,20,23)(H2,19,21,22);1H. The molecule has 0 aromatic heterocycles. The van der Waals surface area contributed by atoms with Crippen LogP contribution < -0.4 is 16.0 Å². The molecule has 0 heterocycles. The van der Waals surface area contributed by atoms with E-state index in [0.717, 1.165) is 5.56 Å². The summed E-state index contributed by atoms with van der Waals surface area (Å²) in [5.74, 6) is 0.458. The van der Waals surface area contributed by atoms with Crippen molar-refractivity contribution in [1.82, 2.24) is 16.0 Å². The molecule has 0 spiro atoms. The van der Waals surface area contributed by atoms with Crippen molar-refractivity contribution in [3.63, 3.8) is 0 Å². The van der Waals surface area contributed by atoms with Gasteiger partial charge in [-0.05, 0) is 24.1 Å². The third-order valence-electron chi connectivity index (χ3n) is 3.20. The minimum atomic E-state index is -0.384. The van der Waals surface area contributed by atoms with Gasteiger partial charge in [-0.1, -0.05) is 32.9 Å². The second-order valence-corrected chi connectivity index (χ2v) is 6.31. The number of aliphatic imine (C=N–C) groups is 1. The van der Waals surface area contributed by atoms with Gasteiger partial charge in [-0.25, -0.2) is 4.39 Å². The maximum absolute atomic E-state index is 13.1. The summed E-state index contributed by atoms with van der Waals surface area (Å²) in [5.41, 5.74) is 0.552. The van der Waals surface area contributed by atoms with Crippen LogP contribution in [0.15, 0.2) is 29.3 Å². The first-order chi connectivity index (χ1) is 10.8. The van der Waals surface area contributed by atoms with Crippen molar-refractivity contribution in [2.75, 3.05) is 26.7 Å². The summed E-state index contributed by atoms with van der Waals surface area (Å²) in [6.45, 7) is 7.40. The van der Waals surface area contributed by atoms with Gasteiger partial charge < -0.3 is 16.0 Å². The molecule has 3 N–H and O–H groups in total. The van der Waals surface area contributed by atoms with Crippen LogP contribution in [-0.2, 0) is 11.2 Å². The van der Waals surface area contributed by atoms with Crippen molar-refractivity contribution >= 4 is 35.8 Å². The lowest BCUT2D eigenvalue weighted by Gasteiger charge is -2.18. The summed E-state index contributed by atoms with van der Waals surface area (Å²) < 4.78 is 13.1. The SMILES string of the molecule is CN=C(NCCNC(=O)C(C)(C)C)NCCc1cccc(F)c1.I. The predicted octanol–water partition coefficient (Wildman–Crippen LogP) is 2.31. The van der Waals surface area contributed by atoms with Gasteiger partial charge in [0, 0.05) is 32.1 Å². The summed E-state index contributed by atoms with van der Waals surface area (Å²) in [6, 6.07) is 6.56. The summed E-state index contributed by atoms with van der Waals surface area (Å²) in [5, 5.41) is 9.15. The third kappa shape index (κ3) is 9.05. The molecule has 1 amide bonds. The van der Waals surface area contributed by atoms with E-state index in [1.165, 1.54) is 12.1 Å². The predicted molar refractivity (Wildman–Crippen MR) is 107 cm³/mol. The number of hydrogen-bond acceptors (Lipinski definition) is 2. The number of amides is 1. The fourth-order valence-electron chi connectivity index (χ4n) is 1.86. The molecule has 0 atom stereocenters. The molecule has 1 aromatic carbocycles. The fourth-order valence-corrected chi connectivity index (χ4v) is 1.86. The number of benzene rings is 1. The van der Waals surface area contributed by atoms with E-state index >= 15 is 0 Å². The van der Waals surface area contributed by atoms with E-state index in [1.807, 2.05) is 26.8 Å². The van der Waals surface area contributed by atoms with Crippen molar-refractivity contribution in [3.05, 3.63) is 35.6 Å². The monoisotopic (exact) mass is 450 g/mol. The molecule has 0 unspecified atom stereocenters. The Morgan fingerprint density at radius 3 is 2.33 bits per heavy atom. The molecule has 7 heteroatoms. The molecular weight excluding hydrogens is 422 g/mol. The summed E-state index contributed by atoms with van der Waals surface area (Å²) in [4.78, 5) is 15.8. The van der Waals surface area contributed by atoms with Crippen LogP contribution in [0.5, 0.6) is 0 Å². The number of halogens is 2. The third-order valence-corrected chi connectivity index (χ3v) is 3.20. The van der Waals surface area contributed by atoms with Crippen LogP contribution in [0.1, 0.15) is 26.3 Å². The van der Waals surface area contributed by atoms with E-state index < -0.39 is 0 Å². The minimum Gasteiger partial charge on any atom is -0.356 e. The van der Waals surface area contributed by atoms with Crippen molar-refractivity contribution in [1.29, 1.82) is 0 Å². The first kappa shape index (κ1) is 22.6. The topological polar surface area (TPSA) is 65.5 Å². The summed E-state index contributed by atoms with van der Waals surface area (Å²) in [7, 11) is 1.69. The fraction of sp³-hybridized carbons (Fsp3) is 0.529. The molecule has 0 saturated carbocycles. The Kier molecular flexibility index (Phi) is 10.6. The molecule has 0 radical (unpaired) electrons. The first-order valence-electron chi connectivity index (χ1n) is 7.80. The lowest BCUT2D eigenvalue weighted by molar-refractivity contribution is -0.128. The van der Waals surface area contributed by atoms with E-state index in [-0.39, 0.29) is 41.1 Å². The quantitative estimate of drug-likeness (QED) is 0.270. The molecule has 0 saturated heterocycles. The second kappa shape index (κ2) is 11.2. The molecule has 1 rings (SSSR count). The molecule has 0 aliphatic carbocycles. The highest BCUT2D eigenvalue weighted by Crippen LogP contribution is 2.11. The van der Waals surface area contributed by atoms with E-state index in [1.54, 1.807) is 13.1 Å². The Hall–Kier alpha value is -1.38. The van der Waals surface area contributed by atoms with Gasteiger partial charge >= 0.3 is 0 Å². The number of carbonyl (C=O) groups excluding carboxylic acids is 1. The number of carbonyl (C=O) groups is 1. The molecular formula is C17H28FIN4O. The van der Waals surface area contributed by atoms with Gasteiger partial charge in [-0.15, -0.1) is 24.0 Å². The summed E-state index contributed by atoms with van der Waals surface area (Å²) >= 11 is 0. The van der Waals surface area contributed by atoms with Gasteiger partial charge in [0.2, 0.25) is 5.91 Å². The molecule has 5 nitrogen and oxygen atoms in total. The van der Waals surface area contributed by atoms with E-state index in [2.05, 4.69) is 20.9 Å². The van der Waals surface area contributed by atoms with Crippen LogP contribution in [0.2, 0.25) is 0 Å². The number of guanidine groups is 1. The van der Waals surface area contributed by atoms with Gasteiger partial charge in [0.05, 0.1) is 0 Å². The number of nitrogens with one attached hydrogen (secondary N) is 3. The molecule has 136 valence electrons. The van der Waals surface area contributed by atoms with E-state index in [0.29, 0.717) is 32.0 Å². The number of rotatable bonds is 6. The van der Waals surface area contributed by atoms with Crippen LogP contribution in [-0.4, -0.2) is 38.5 Å². The van der Waals surface area contributed by atoms with Gasteiger partial charge in [-0.2, -0.15) is 0 Å². The van der Waals surface area contributed by atoms with Gasteiger partial charge in [0.15, 0.2) is 5.96 Å². The molecule has 0 bridgehead atoms. The largest absolute Gasteiger partial charge is 0.356 e. The highest BCUT2D eigenvalue weighted by Gasteiger charge is 2.20. The maximum Gasteiger partial charge on any atom is 0.225 e. The van der Waals surface area contributed by atoms with Gasteiger partial charge in [0.1, 0.15) is 5.82 Å². The first-order valence-corrected chi connectivity index (χ1v) is 7.80. The van der Waals surface area contributed by atoms with Crippen LogP contribution in [0.4, 0.5) is 4.39 Å². The highest BCUT2D eigenvalue weighted by molar-refractivity contribution is 14.0. The lowest BCUT2D eigenvalue weighted by atomic mass is 9.96. The van der Waals surface area contributed by atoms with E-state index in [9.17, 15) is 9.18 Å². The van der Waals surface area contributed by atoms with Crippen LogP contribution >= 0.6 is 24.0 Å². The Bertz CT molecular complexity index is 544. The average Bonchev–Trinajstić information content (AvgIpc) is 2.48. The van der Waals surface area contributed by atoms with Crippen molar-refractivity contribution in [2.45, 2.75) is 27.2 Å². The molecule has 0 fully saturated rings. The molecule has 1 aromatic rings. The van der Waals surface area contributed by atoms with Crippen molar-refractivity contribution < 1.29 is 9.18 Å². The van der Waals surface area contributed by atoms with Gasteiger partial charge in [-0.3, -0.25) is 9.79 Å². The average molecular weight is 450 g/mol. The van der Waals surface area contributed by atoms with Crippen LogP contribution in [0.3, 0.4) is 0 Å². The van der Waals surface area contributed by atoms with Crippen molar-refractivity contribution in [2.24, 2.45) is 10.4 Å². The second-order valence-electron chi connectivity index (χ2n) is 6.31. The highest BCUT2D eigenvalue weighted by atomic mass is 127. The number of nitrogens with zero attached hydrogens (tertiary/aromatic N) is 1. The van der Waals surface area contributed by atoms with Crippen LogP contribution in [0.25, 0.3) is 0 Å². The maximum atomic E-state index is 13.1. The zero-order chi connectivity index (χ0) is 17.3. The van der Waals surface area contributed by atoms with E-state index in [4.69, 9.17) is 0 Å². The summed E-state index contributed by atoms with van der Waals surface area (Å²) in [6.07, 6.45) is 0.708. The van der Waals surface area contributed by atoms with Gasteiger partial charge in [0.25, 0.3) is 0 Å². The Morgan fingerprint density at radius 2 is 1.75 bits per heavy atom. The zero-order valence-electron chi connectivity index (χ0n) is 14.8. The Morgan fingerprint density at radius 1 is 1.12 bits per heavy atom. The van der Waals surface area contributed by atoms with Crippen LogP contribution in [0, 0.1) is 11.2 Å². The Balaban J connectivity index is 0.00000529. The smallest absolute Gasteiger partial charge is 0.225 e. The minimum absolute atomic E-state index is 0. The zero-order valence-corrected chi connectivity index (χ0v) is 17.1. The molecule has 0 aliphatic rings.